The Hall–Kier alpha value is -0.960. The fourth-order valence-corrected chi connectivity index (χ4v) is 3.14. The lowest BCUT2D eigenvalue weighted by Gasteiger charge is -2.24. The summed E-state index contributed by atoms with van der Waals surface area (Å²) in [6, 6.07) is 11.0. The first-order chi connectivity index (χ1) is 7.43. The quantitative estimate of drug-likeness (QED) is 0.720. The summed E-state index contributed by atoms with van der Waals surface area (Å²) in [5.74, 6) is 1.23. The molecule has 15 heavy (non-hydrogen) atoms. The third-order valence-corrected chi connectivity index (χ3v) is 4.03. The molecule has 0 aliphatic carbocycles. The van der Waals surface area contributed by atoms with Crippen LogP contribution in [0.1, 0.15) is 18.0 Å². The SMILES string of the molecule is c1ccc(C2CN3CCCSC3=N2)cc1. The molecule has 1 aromatic rings. The smallest absolute Gasteiger partial charge is 0.159 e. The standard InChI is InChI=1S/C12H14N2S/c1-2-5-10(6-3-1)11-9-14-7-4-8-15-12(14)13-11/h1-3,5-6,11H,4,7-9H2. The average molecular weight is 218 g/mol. The van der Waals surface area contributed by atoms with Crippen molar-refractivity contribution in [3.05, 3.63) is 35.9 Å². The first-order valence-electron chi connectivity index (χ1n) is 5.44. The molecule has 0 saturated carbocycles. The van der Waals surface area contributed by atoms with Crippen molar-refractivity contribution in [3.8, 4) is 0 Å². The molecule has 2 aliphatic rings. The number of aliphatic imine (C=N–C) groups is 1. The normalized spacial score (nSPS) is 24.9. The highest BCUT2D eigenvalue weighted by Crippen LogP contribution is 2.31. The van der Waals surface area contributed by atoms with Crippen LogP contribution >= 0.6 is 11.8 Å². The first kappa shape index (κ1) is 9.28. The van der Waals surface area contributed by atoms with E-state index in [4.69, 9.17) is 4.99 Å². The molecule has 3 heteroatoms. The zero-order valence-corrected chi connectivity index (χ0v) is 9.41. The molecule has 0 amide bonds. The van der Waals surface area contributed by atoms with Crippen LogP contribution in [0.5, 0.6) is 0 Å². The lowest BCUT2D eigenvalue weighted by atomic mass is 10.1. The second kappa shape index (κ2) is 3.89. The van der Waals surface area contributed by atoms with Crippen LogP contribution in [0.2, 0.25) is 0 Å². The summed E-state index contributed by atoms with van der Waals surface area (Å²) in [4.78, 5) is 7.21. The lowest BCUT2D eigenvalue weighted by molar-refractivity contribution is 0.428. The Kier molecular flexibility index (Phi) is 2.41. The fourth-order valence-electron chi connectivity index (χ4n) is 2.13. The monoisotopic (exact) mass is 218 g/mol. The Morgan fingerprint density at radius 3 is 2.93 bits per heavy atom. The second-order valence-electron chi connectivity index (χ2n) is 3.99. The summed E-state index contributed by atoms with van der Waals surface area (Å²) >= 11 is 1.91. The van der Waals surface area contributed by atoms with Gasteiger partial charge in [-0.25, -0.2) is 0 Å². The van der Waals surface area contributed by atoms with E-state index < -0.39 is 0 Å². The van der Waals surface area contributed by atoms with E-state index in [1.807, 2.05) is 11.8 Å². The minimum absolute atomic E-state index is 0.367. The Bertz CT molecular complexity index is 374. The van der Waals surface area contributed by atoms with Gasteiger partial charge in [0.05, 0.1) is 6.04 Å². The van der Waals surface area contributed by atoms with Gasteiger partial charge in [-0.3, -0.25) is 4.99 Å². The first-order valence-corrected chi connectivity index (χ1v) is 6.42. The van der Waals surface area contributed by atoms with E-state index in [1.54, 1.807) is 0 Å². The van der Waals surface area contributed by atoms with Crippen molar-refractivity contribution >= 4 is 16.9 Å². The van der Waals surface area contributed by atoms with Crippen LogP contribution in [0, 0.1) is 0 Å². The van der Waals surface area contributed by atoms with Crippen LogP contribution in [0.4, 0.5) is 0 Å². The second-order valence-corrected chi connectivity index (χ2v) is 5.05. The maximum atomic E-state index is 4.79. The molecule has 3 rings (SSSR count). The van der Waals surface area contributed by atoms with Crippen molar-refractivity contribution in [2.24, 2.45) is 4.99 Å². The largest absolute Gasteiger partial charge is 0.349 e. The molecule has 2 nitrogen and oxygen atoms in total. The number of hydrogen-bond acceptors (Lipinski definition) is 3. The maximum absolute atomic E-state index is 4.79. The van der Waals surface area contributed by atoms with E-state index in [2.05, 4.69) is 35.2 Å². The molecule has 0 spiro atoms. The van der Waals surface area contributed by atoms with Crippen molar-refractivity contribution < 1.29 is 0 Å². The van der Waals surface area contributed by atoms with Crippen LogP contribution in [0.25, 0.3) is 0 Å². The van der Waals surface area contributed by atoms with Gasteiger partial charge >= 0.3 is 0 Å². The molecule has 0 N–H and O–H groups in total. The van der Waals surface area contributed by atoms with E-state index in [0.29, 0.717) is 6.04 Å². The van der Waals surface area contributed by atoms with Gasteiger partial charge in [-0.2, -0.15) is 0 Å². The Morgan fingerprint density at radius 1 is 1.27 bits per heavy atom. The summed E-state index contributed by atoms with van der Waals surface area (Å²) in [5.41, 5.74) is 1.35. The Morgan fingerprint density at radius 2 is 2.13 bits per heavy atom. The Balaban J connectivity index is 1.83. The topological polar surface area (TPSA) is 15.6 Å². The summed E-state index contributed by atoms with van der Waals surface area (Å²) in [7, 11) is 0. The van der Waals surface area contributed by atoms with E-state index >= 15 is 0 Å². The van der Waals surface area contributed by atoms with E-state index in [0.717, 1.165) is 6.54 Å². The van der Waals surface area contributed by atoms with Crippen LogP contribution in [0.15, 0.2) is 35.3 Å². The summed E-state index contributed by atoms with van der Waals surface area (Å²) < 4.78 is 0. The van der Waals surface area contributed by atoms with Crippen molar-refractivity contribution in [1.29, 1.82) is 0 Å². The van der Waals surface area contributed by atoms with Gasteiger partial charge in [0.15, 0.2) is 5.17 Å². The van der Waals surface area contributed by atoms with Gasteiger partial charge in [-0.15, -0.1) is 0 Å². The van der Waals surface area contributed by atoms with E-state index in [-0.39, 0.29) is 0 Å². The van der Waals surface area contributed by atoms with Crippen molar-refractivity contribution in [3.63, 3.8) is 0 Å². The molecular weight excluding hydrogens is 204 g/mol. The number of hydrogen-bond donors (Lipinski definition) is 0. The number of fused-ring (bicyclic) bond motifs is 1. The van der Waals surface area contributed by atoms with E-state index in [1.165, 1.54) is 29.4 Å². The molecule has 1 aromatic carbocycles. The predicted molar refractivity (Wildman–Crippen MR) is 65.3 cm³/mol. The van der Waals surface area contributed by atoms with Gasteiger partial charge in [-0.05, 0) is 12.0 Å². The summed E-state index contributed by atoms with van der Waals surface area (Å²) in [6.45, 7) is 2.27. The van der Waals surface area contributed by atoms with Crippen molar-refractivity contribution in [2.45, 2.75) is 12.5 Å². The van der Waals surface area contributed by atoms with Crippen molar-refractivity contribution in [1.82, 2.24) is 4.90 Å². The molecule has 0 bridgehead atoms. The third kappa shape index (κ3) is 1.76. The number of rotatable bonds is 1. The van der Waals surface area contributed by atoms with Gasteiger partial charge in [0.25, 0.3) is 0 Å². The van der Waals surface area contributed by atoms with Crippen LogP contribution in [-0.4, -0.2) is 28.9 Å². The minimum atomic E-state index is 0.367. The Labute approximate surface area is 94.4 Å². The number of nitrogens with zero attached hydrogens (tertiary/aromatic N) is 2. The number of benzene rings is 1. The third-order valence-electron chi connectivity index (χ3n) is 2.92. The molecule has 0 aromatic heterocycles. The van der Waals surface area contributed by atoms with Gasteiger partial charge in [0.1, 0.15) is 0 Å². The van der Waals surface area contributed by atoms with Crippen molar-refractivity contribution in [2.75, 3.05) is 18.8 Å². The minimum Gasteiger partial charge on any atom is -0.349 e. The average Bonchev–Trinajstić information content (AvgIpc) is 2.74. The zero-order chi connectivity index (χ0) is 10.1. The van der Waals surface area contributed by atoms with Crippen LogP contribution in [-0.2, 0) is 0 Å². The zero-order valence-electron chi connectivity index (χ0n) is 8.60. The molecule has 1 atom stereocenters. The highest BCUT2D eigenvalue weighted by atomic mass is 32.2. The van der Waals surface area contributed by atoms with Gasteiger partial charge in [0, 0.05) is 18.8 Å². The molecule has 2 aliphatic heterocycles. The number of amidine groups is 1. The molecule has 0 radical (unpaired) electrons. The molecule has 2 heterocycles. The summed E-state index contributed by atoms with van der Waals surface area (Å²) in [6.07, 6.45) is 1.30. The maximum Gasteiger partial charge on any atom is 0.159 e. The molecule has 1 unspecified atom stereocenters. The van der Waals surface area contributed by atoms with E-state index in [9.17, 15) is 0 Å². The van der Waals surface area contributed by atoms with Gasteiger partial charge in [0.2, 0.25) is 0 Å². The lowest BCUT2D eigenvalue weighted by Crippen LogP contribution is -2.31. The predicted octanol–water partition coefficient (Wildman–Crippen LogP) is 2.54. The molecule has 78 valence electrons. The fraction of sp³-hybridized carbons (Fsp3) is 0.417. The molecule has 1 fully saturated rings. The highest BCUT2D eigenvalue weighted by molar-refractivity contribution is 8.13. The van der Waals surface area contributed by atoms with Crippen LogP contribution in [0.3, 0.4) is 0 Å². The highest BCUT2D eigenvalue weighted by Gasteiger charge is 2.28. The molecule has 1 saturated heterocycles. The number of thioether (sulfide) groups is 1. The van der Waals surface area contributed by atoms with Crippen LogP contribution < -0.4 is 0 Å². The van der Waals surface area contributed by atoms with Gasteiger partial charge < -0.3 is 4.90 Å². The summed E-state index contributed by atoms with van der Waals surface area (Å²) in [5, 5.41) is 1.26. The van der Waals surface area contributed by atoms with Gasteiger partial charge in [-0.1, -0.05) is 42.1 Å². The molecular formula is C12H14N2S.